The van der Waals surface area contributed by atoms with Crippen molar-refractivity contribution in [2.75, 3.05) is 11.1 Å². The second-order valence-electron chi connectivity index (χ2n) is 5.68. The Balaban J connectivity index is 1.59. The van der Waals surface area contributed by atoms with Crippen molar-refractivity contribution in [2.45, 2.75) is 6.54 Å². The zero-order chi connectivity index (χ0) is 17.8. The lowest BCUT2D eigenvalue weighted by molar-refractivity contribution is 1.00. The number of nitrogens with zero attached hydrogens (tertiary/aromatic N) is 5. The Morgan fingerprint density at radius 2 is 1.92 bits per heavy atom. The van der Waals surface area contributed by atoms with Crippen LogP contribution < -0.4 is 11.1 Å². The van der Waals surface area contributed by atoms with Crippen LogP contribution in [0.5, 0.6) is 0 Å². The highest BCUT2D eigenvalue weighted by Crippen LogP contribution is 2.22. The molecule has 3 N–H and O–H groups in total. The van der Waals surface area contributed by atoms with Crippen molar-refractivity contribution in [1.29, 1.82) is 0 Å². The fourth-order valence-electron chi connectivity index (χ4n) is 2.67. The van der Waals surface area contributed by atoms with Crippen LogP contribution in [0.1, 0.15) is 5.56 Å². The summed E-state index contributed by atoms with van der Waals surface area (Å²) in [6, 6.07) is 11.9. The van der Waals surface area contributed by atoms with Gasteiger partial charge in [-0.2, -0.15) is 0 Å². The second-order valence-corrected chi connectivity index (χ2v) is 5.68. The minimum atomic E-state index is 0.359. The van der Waals surface area contributed by atoms with Gasteiger partial charge < -0.3 is 15.6 Å². The van der Waals surface area contributed by atoms with Crippen molar-refractivity contribution in [2.24, 2.45) is 0 Å². The van der Waals surface area contributed by atoms with Gasteiger partial charge in [0, 0.05) is 36.9 Å². The minimum absolute atomic E-state index is 0.359. The molecule has 7 nitrogen and oxygen atoms in total. The monoisotopic (exact) mass is 343 g/mol. The van der Waals surface area contributed by atoms with E-state index < -0.39 is 0 Å². The average Bonchev–Trinajstić information content (AvgIpc) is 3.23. The molecule has 4 aromatic rings. The van der Waals surface area contributed by atoms with Gasteiger partial charge in [0.1, 0.15) is 0 Å². The number of rotatable bonds is 5. The van der Waals surface area contributed by atoms with E-state index in [1.54, 1.807) is 31.1 Å². The molecule has 26 heavy (non-hydrogen) atoms. The lowest BCUT2D eigenvalue weighted by Gasteiger charge is -2.13. The predicted molar refractivity (Wildman–Crippen MR) is 101 cm³/mol. The fourth-order valence-corrected chi connectivity index (χ4v) is 2.67. The summed E-state index contributed by atoms with van der Waals surface area (Å²) >= 11 is 0. The number of para-hydroxylation sites is 1. The van der Waals surface area contributed by atoms with Crippen LogP contribution in [0.25, 0.3) is 16.9 Å². The number of imidazole rings is 1. The molecule has 7 heteroatoms. The van der Waals surface area contributed by atoms with Crippen molar-refractivity contribution < 1.29 is 0 Å². The molecule has 128 valence electrons. The molecule has 4 rings (SSSR count). The van der Waals surface area contributed by atoms with Crippen molar-refractivity contribution in [3.63, 3.8) is 0 Å². The number of aromatic nitrogens is 5. The number of nitrogens with one attached hydrogen (secondary N) is 1. The SMILES string of the molecule is Nc1ncc(-c2cccnc2)nc1NCc1ccccc1-n1ccnc1. The molecule has 0 aliphatic carbocycles. The third kappa shape index (κ3) is 3.23. The third-order valence-corrected chi connectivity index (χ3v) is 3.98. The maximum atomic E-state index is 6.00. The zero-order valence-corrected chi connectivity index (χ0v) is 13.9. The summed E-state index contributed by atoms with van der Waals surface area (Å²) in [6.07, 6.45) is 10.6. The molecule has 0 atom stereocenters. The molecule has 0 aliphatic rings. The molecule has 0 amide bonds. The molecule has 0 spiro atoms. The Morgan fingerprint density at radius 3 is 2.73 bits per heavy atom. The van der Waals surface area contributed by atoms with Gasteiger partial charge in [-0.05, 0) is 23.8 Å². The summed E-state index contributed by atoms with van der Waals surface area (Å²) in [5.74, 6) is 0.907. The molecule has 0 aliphatic heterocycles. The Kier molecular flexibility index (Phi) is 4.26. The fraction of sp³-hybridized carbons (Fsp3) is 0.0526. The lowest BCUT2D eigenvalue weighted by Crippen LogP contribution is -2.09. The number of hydrogen-bond acceptors (Lipinski definition) is 6. The molecule has 0 saturated carbocycles. The van der Waals surface area contributed by atoms with Gasteiger partial charge in [-0.15, -0.1) is 0 Å². The van der Waals surface area contributed by atoms with Gasteiger partial charge in [0.2, 0.25) is 0 Å². The van der Waals surface area contributed by atoms with Crippen LogP contribution in [-0.2, 0) is 6.54 Å². The van der Waals surface area contributed by atoms with Crippen LogP contribution in [0, 0.1) is 0 Å². The van der Waals surface area contributed by atoms with Gasteiger partial charge >= 0.3 is 0 Å². The highest BCUT2D eigenvalue weighted by Gasteiger charge is 2.09. The van der Waals surface area contributed by atoms with E-state index in [4.69, 9.17) is 5.73 Å². The Labute approximate surface area is 150 Å². The lowest BCUT2D eigenvalue weighted by atomic mass is 10.1. The normalized spacial score (nSPS) is 10.6. The third-order valence-electron chi connectivity index (χ3n) is 3.98. The number of nitrogen functional groups attached to an aromatic ring is 1. The van der Waals surface area contributed by atoms with Gasteiger partial charge in [-0.25, -0.2) is 15.0 Å². The second kappa shape index (κ2) is 7.02. The number of benzene rings is 1. The first-order valence-electron chi connectivity index (χ1n) is 8.14. The highest BCUT2D eigenvalue weighted by atomic mass is 15.1. The van der Waals surface area contributed by atoms with Crippen LogP contribution in [0.3, 0.4) is 0 Å². The maximum Gasteiger partial charge on any atom is 0.169 e. The molecule has 0 unspecified atom stereocenters. The quantitative estimate of drug-likeness (QED) is 0.578. The molecule has 0 bridgehead atoms. The van der Waals surface area contributed by atoms with E-state index in [9.17, 15) is 0 Å². The first-order chi connectivity index (χ1) is 12.8. The largest absolute Gasteiger partial charge is 0.381 e. The van der Waals surface area contributed by atoms with Gasteiger partial charge in [0.15, 0.2) is 11.6 Å². The highest BCUT2D eigenvalue weighted by molar-refractivity contribution is 5.64. The van der Waals surface area contributed by atoms with E-state index in [1.807, 2.05) is 41.1 Å². The smallest absolute Gasteiger partial charge is 0.169 e. The first kappa shape index (κ1) is 15.8. The van der Waals surface area contributed by atoms with Crippen molar-refractivity contribution in [3.05, 3.63) is 79.3 Å². The van der Waals surface area contributed by atoms with Crippen molar-refractivity contribution >= 4 is 11.6 Å². The van der Waals surface area contributed by atoms with E-state index in [0.29, 0.717) is 18.2 Å². The summed E-state index contributed by atoms with van der Waals surface area (Å²) in [6.45, 7) is 0.559. The molecule has 0 radical (unpaired) electrons. The number of nitrogens with two attached hydrogens (primary N) is 1. The number of pyridine rings is 1. The van der Waals surface area contributed by atoms with Gasteiger partial charge in [-0.3, -0.25) is 4.98 Å². The standard InChI is InChI=1S/C19H17N7/c20-18-19(25-16(12-23-18)14-5-3-7-21-10-14)24-11-15-4-1-2-6-17(15)26-9-8-22-13-26/h1-10,12-13H,11H2,(H2,20,23)(H,24,25). The Hall–Kier alpha value is -3.74. The zero-order valence-electron chi connectivity index (χ0n) is 13.9. The first-order valence-corrected chi connectivity index (χ1v) is 8.14. The van der Waals surface area contributed by atoms with Gasteiger partial charge in [-0.1, -0.05) is 18.2 Å². The minimum Gasteiger partial charge on any atom is -0.381 e. The summed E-state index contributed by atoms with van der Waals surface area (Å²) in [5, 5.41) is 3.29. The summed E-state index contributed by atoms with van der Waals surface area (Å²) in [5.41, 5.74) is 9.75. The summed E-state index contributed by atoms with van der Waals surface area (Å²) in [4.78, 5) is 17.1. The molecule has 3 aromatic heterocycles. The number of anilines is 2. The topological polar surface area (TPSA) is 94.5 Å². The van der Waals surface area contributed by atoms with Crippen LogP contribution in [0.15, 0.2) is 73.7 Å². The van der Waals surface area contributed by atoms with Crippen LogP contribution >= 0.6 is 0 Å². The van der Waals surface area contributed by atoms with Crippen molar-refractivity contribution in [1.82, 2.24) is 24.5 Å². The van der Waals surface area contributed by atoms with Crippen molar-refractivity contribution in [3.8, 4) is 16.9 Å². The molecular weight excluding hydrogens is 326 g/mol. The van der Waals surface area contributed by atoms with Crippen LogP contribution in [0.2, 0.25) is 0 Å². The van der Waals surface area contributed by atoms with Crippen LogP contribution in [0.4, 0.5) is 11.6 Å². The van der Waals surface area contributed by atoms with E-state index >= 15 is 0 Å². The van der Waals surface area contributed by atoms with E-state index in [1.165, 1.54) is 0 Å². The van der Waals surface area contributed by atoms with E-state index in [-0.39, 0.29) is 0 Å². The van der Waals surface area contributed by atoms with E-state index in [0.717, 1.165) is 22.5 Å². The Morgan fingerprint density at radius 1 is 1.00 bits per heavy atom. The van der Waals surface area contributed by atoms with Crippen LogP contribution in [-0.4, -0.2) is 24.5 Å². The van der Waals surface area contributed by atoms with E-state index in [2.05, 4.69) is 31.3 Å². The van der Waals surface area contributed by atoms with Gasteiger partial charge in [0.05, 0.1) is 23.9 Å². The van der Waals surface area contributed by atoms with Gasteiger partial charge in [0.25, 0.3) is 0 Å². The summed E-state index contributed by atoms with van der Waals surface area (Å²) in [7, 11) is 0. The molecule has 3 heterocycles. The summed E-state index contributed by atoms with van der Waals surface area (Å²) < 4.78 is 1.97. The maximum absolute atomic E-state index is 6.00. The number of hydrogen-bond donors (Lipinski definition) is 2. The molecule has 1 aromatic carbocycles. The predicted octanol–water partition coefficient (Wildman–Crippen LogP) is 2.92. The molecule has 0 saturated heterocycles. The Bertz CT molecular complexity index is 998. The molecular formula is C19H17N7. The average molecular weight is 343 g/mol. The molecule has 0 fully saturated rings.